The summed E-state index contributed by atoms with van der Waals surface area (Å²) >= 11 is 0. The molecule has 0 aromatic heterocycles. The lowest BCUT2D eigenvalue weighted by atomic mass is 10.1. The van der Waals surface area contributed by atoms with Gasteiger partial charge in [0.25, 0.3) is 5.91 Å². The van der Waals surface area contributed by atoms with Gasteiger partial charge in [-0.25, -0.2) is 8.78 Å². The lowest BCUT2D eigenvalue weighted by Gasteiger charge is -2.27. The van der Waals surface area contributed by atoms with Crippen LogP contribution in [0.5, 0.6) is 0 Å². The molecule has 0 fully saturated rings. The molecule has 2 nitrogen and oxygen atoms in total. The largest absolute Gasteiger partial charge is 0.332 e. The lowest BCUT2D eigenvalue weighted by molar-refractivity contribution is 0.0689. The zero-order valence-corrected chi connectivity index (χ0v) is 12.0. The number of hydrogen-bond donors (Lipinski definition) is 0. The summed E-state index contributed by atoms with van der Waals surface area (Å²) in [6, 6.07) is 12.3. The Morgan fingerprint density at radius 1 is 1.05 bits per heavy atom. The van der Waals surface area contributed by atoms with Gasteiger partial charge < -0.3 is 4.90 Å². The van der Waals surface area contributed by atoms with Crippen LogP contribution in [0.2, 0.25) is 0 Å². The van der Waals surface area contributed by atoms with Crippen LogP contribution in [0.1, 0.15) is 29.8 Å². The number of benzene rings is 2. The first-order chi connectivity index (χ1) is 9.97. The van der Waals surface area contributed by atoms with Crippen LogP contribution in [-0.2, 0) is 6.54 Å². The molecule has 0 atom stereocenters. The van der Waals surface area contributed by atoms with Crippen molar-refractivity contribution in [3.63, 3.8) is 0 Å². The highest BCUT2D eigenvalue weighted by Gasteiger charge is 2.20. The molecular formula is C17H17F2NO. The topological polar surface area (TPSA) is 20.3 Å². The molecule has 0 aliphatic rings. The molecule has 0 radical (unpaired) electrons. The molecule has 0 N–H and O–H groups in total. The van der Waals surface area contributed by atoms with Gasteiger partial charge in [0.05, 0.1) is 0 Å². The lowest BCUT2D eigenvalue weighted by Crippen LogP contribution is -2.36. The van der Waals surface area contributed by atoms with Crippen molar-refractivity contribution in [1.82, 2.24) is 4.90 Å². The number of amides is 1. The summed E-state index contributed by atoms with van der Waals surface area (Å²) in [5.74, 6) is -1.88. The summed E-state index contributed by atoms with van der Waals surface area (Å²) < 4.78 is 26.5. The van der Waals surface area contributed by atoms with Crippen LogP contribution in [0.3, 0.4) is 0 Å². The Bertz CT molecular complexity index is 606. The fourth-order valence-corrected chi connectivity index (χ4v) is 2.11. The predicted octanol–water partition coefficient (Wildman–Crippen LogP) is 4.02. The maximum Gasteiger partial charge on any atom is 0.254 e. The Kier molecular flexibility index (Phi) is 4.68. The number of hydrogen-bond acceptors (Lipinski definition) is 1. The van der Waals surface area contributed by atoms with E-state index in [-0.39, 0.29) is 17.5 Å². The molecule has 2 aromatic carbocycles. The van der Waals surface area contributed by atoms with Crippen LogP contribution < -0.4 is 0 Å². The number of carbonyl (C=O) groups is 1. The molecule has 0 bridgehead atoms. The van der Waals surface area contributed by atoms with Crippen LogP contribution in [0.15, 0.2) is 48.5 Å². The maximum absolute atomic E-state index is 13.3. The minimum atomic E-state index is -0.748. The Balaban J connectivity index is 2.27. The molecule has 110 valence electrons. The monoisotopic (exact) mass is 289 g/mol. The van der Waals surface area contributed by atoms with Gasteiger partial charge in [-0.05, 0) is 31.5 Å². The smallest absolute Gasteiger partial charge is 0.254 e. The van der Waals surface area contributed by atoms with Crippen LogP contribution >= 0.6 is 0 Å². The average Bonchev–Trinajstić information content (AvgIpc) is 2.44. The van der Waals surface area contributed by atoms with E-state index in [9.17, 15) is 13.6 Å². The Labute approximate surface area is 123 Å². The second-order valence-electron chi connectivity index (χ2n) is 5.17. The highest BCUT2D eigenvalue weighted by atomic mass is 19.1. The standard InChI is InChI=1S/C17H17F2NO/c1-12(2)20(11-13-6-4-3-5-7-13)17(21)14-8-15(18)10-16(19)9-14/h3-10,12H,11H2,1-2H3. The minimum absolute atomic E-state index is 0.0251. The molecule has 2 aromatic rings. The second kappa shape index (κ2) is 6.48. The van der Waals surface area contributed by atoms with E-state index in [4.69, 9.17) is 0 Å². The maximum atomic E-state index is 13.3. The SMILES string of the molecule is CC(C)N(Cc1ccccc1)C(=O)c1cc(F)cc(F)c1. The van der Waals surface area contributed by atoms with Crippen LogP contribution in [0.25, 0.3) is 0 Å². The molecule has 0 aliphatic carbocycles. The van der Waals surface area contributed by atoms with Gasteiger partial charge in [-0.2, -0.15) is 0 Å². The van der Waals surface area contributed by atoms with Crippen molar-refractivity contribution in [2.45, 2.75) is 26.4 Å². The molecule has 0 aliphatic heterocycles. The predicted molar refractivity (Wildman–Crippen MR) is 77.8 cm³/mol. The summed E-state index contributed by atoms with van der Waals surface area (Å²) in [4.78, 5) is 14.1. The van der Waals surface area contributed by atoms with Gasteiger partial charge in [0.1, 0.15) is 11.6 Å². The Morgan fingerprint density at radius 2 is 1.62 bits per heavy atom. The molecule has 0 spiro atoms. The van der Waals surface area contributed by atoms with Crippen LogP contribution in [0, 0.1) is 11.6 Å². The number of carbonyl (C=O) groups excluding carboxylic acids is 1. The van der Waals surface area contributed by atoms with E-state index in [2.05, 4.69) is 0 Å². The van der Waals surface area contributed by atoms with Gasteiger partial charge in [0, 0.05) is 24.2 Å². The third kappa shape index (κ3) is 3.88. The highest BCUT2D eigenvalue weighted by molar-refractivity contribution is 5.94. The van der Waals surface area contributed by atoms with Crippen LogP contribution in [0.4, 0.5) is 8.78 Å². The third-order valence-electron chi connectivity index (χ3n) is 3.19. The molecule has 0 saturated heterocycles. The number of nitrogens with zero attached hydrogens (tertiary/aromatic N) is 1. The molecule has 0 heterocycles. The fourth-order valence-electron chi connectivity index (χ4n) is 2.11. The summed E-state index contributed by atoms with van der Waals surface area (Å²) in [6.45, 7) is 4.14. The van der Waals surface area contributed by atoms with E-state index in [0.717, 1.165) is 23.8 Å². The van der Waals surface area contributed by atoms with E-state index in [0.29, 0.717) is 6.54 Å². The quantitative estimate of drug-likeness (QED) is 0.832. The molecule has 2 rings (SSSR count). The molecule has 0 unspecified atom stereocenters. The first kappa shape index (κ1) is 15.2. The van der Waals surface area contributed by atoms with E-state index in [1.54, 1.807) is 4.90 Å². The van der Waals surface area contributed by atoms with Gasteiger partial charge in [-0.15, -0.1) is 0 Å². The van der Waals surface area contributed by atoms with Crippen LogP contribution in [-0.4, -0.2) is 16.8 Å². The molecule has 1 amide bonds. The Hall–Kier alpha value is -2.23. The zero-order valence-electron chi connectivity index (χ0n) is 12.0. The minimum Gasteiger partial charge on any atom is -0.332 e. The van der Waals surface area contributed by atoms with E-state index in [1.807, 2.05) is 44.2 Å². The van der Waals surface area contributed by atoms with Gasteiger partial charge in [0.15, 0.2) is 0 Å². The van der Waals surface area contributed by atoms with Crippen molar-refractivity contribution in [1.29, 1.82) is 0 Å². The molecule has 21 heavy (non-hydrogen) atoms. The fraction of sp³-hybridized carbons (Fsp3) is 0.235. The molecule has 0 saturated carbocycles. The number of halogens is 2. The van der Waals surface area contributed by atoms with Crippen molar-refractivity contribution in [2.24, 2.45) is 0 Å². The van der Waals surface area contributed by atoms with Crippen molar-refractivity contribution in [3.05, 3.63) is 71.3 Å². The Morgan fingerprint density at radius 3 is 2.14 bits per heavy atom. The zero-order chi connectivity index (χ0) is 15.4. The third-order valence-corrected chi connectivity index (χ3v) is 3.19. The van der Waals surface area contributed by atoms with E-state index < -0.39 is 11.6 Å². The van der Waals surface area contributed by atoms with E-state index in [1.165, 1.54) is 0 Å². The van der Waals surface area contributed by atoms with Gasteiger partial charge in [0.2, 0.25) is 0 Å². The first-order valence-electron chi connectivity index (χ1n) is 6.78. The van der Waals surface area contributed by atoms with Crippen molar-refractivity contribution < 1.29 is 13.6 Å². The normalized spacial score (nSPS) is 10.7. The van der Waals surface area contributed by atoms with Crippen molar-refractivity contribution >= 4 is 5.91 Å². The molecular weight excluding hydrogens is 272 g/mol. The summed E-state index contributed by atoms with van der Waals surface area (Å²) in [5.41, 5.74) is 0.994. The molecule has 4 heteroatoms. The number of rotatable bonds is 4. The summed E-state index contributed by atoms with van der Waals surface area (Å²) in [7, 11) is 0. The van der Waals surface area contributed by atoms with Crippen molar-refractivity contribution in [3.8, 4) is 0 Å². The second-order valence-corrected chi connectivity index (χ2v) is 5.17. The average molecular weight is 289 g/mol. The first-order valence-corrected chi connectivity index (χ1v) is 6.78. The van der Waals surface area contributed by atoms with Gasteiger partial charge >= 0.3 is 0 Å². The highest BCUT2D eigenvalue weighted by Crippen LogP contribution is 2.15. The summed E-state index contributed by atoms with van der Waals surface area (Å²) in [6.07, 6.45) is 0. The van der Waals surface area contributed by atoms with Crippen molar-refractivity contribution in [2.75, 3.05) is 0 Å². The van der Waals surface area contributed by atoms with Gasteiger partial charge in [-0.1, -0.05) is 30.3 Å². The van der Waals surface area contributed by atoms with E-state index >= 15 is 0 Å². The van der Waals surface area contributed by atoms with Gasteiger partial charge in [-0.3, -0.25) is 4.79 Å². The summed E-state index contributed by atoms with van der Waals surface area (Å²) in [5, 5.41) is 0.